The smallest absolute Gasteiger partial charge is 0.337 e. The van der Waals surface area contributed by atoms with Crippen LogP contribution in [0.5, 0.6) is 0 Å². The summed E-state index contributed by atoms with van der Waals surface area (Å²) in [5.74, 6) is -0.424. The largest absolute Gasteiger partial charge is 0.417 e. The second-order valence-electron chi connectivity index (χ2n) is 8.21. The van der Waals surface area contributed by atoms with Crippen LogP contribution < -0.4 is 0 Å². The molecule has 3 aromatic rings. The van der Waals surface area contributed by atoms with Gasteiger partial charge in [0.2, 0.25) is 0 Å². The van der Waals surface area contributed by atoms with Crippen LogP contribution in [0.2, 0.25) is 0 Å². The molecule has 4 heterocycles. The van der Waals surface area contributed by atoms with Crippen LogP contribution in [0.15, 0.2) is 16.7 Å². The van der Waals surface area contributed by atoms with Crippen molar-refractivity contribution in [2.75, 3.05) is 13.1 Å². The zero-order valence-corrected chi connectivity index (χ0v) is 17.6. The fraction of sp³-hybridized carbons (Fsp3) is 0.524. The van der Waals surface area contributed by atoms with E-state index in [2.05, 4.69) is 20.3 Å². The highest BCUT2D eigenvalue weighted by molar-refractivity contribution is 5.92. The number of amides is 1. The first kappa shape index (κ1) is 21.3. The minimum atomic E-state index is -4.56. The van der Waals surface area contributed by atoms with Crippen LogP contribution in [-0.2, 0) is 12.6 Å². The number of alkyl halides is 3. The van der Waals surface area contributed by atoms with Crippen molar-refractivity contribution in [3.8, 4) is 0 Å². The standard InChI is InChI=1S/C21H24F3N5O2/c1-4-13-8-14(21(22,23)24)17-18(28-31-19(17)25-13)12-6-5-7-29(10-12)20(30)16-9-15(11(2)3)26-27-16/h8-9,11-12H,4-7,10H2,1-3H3,(H,26,27)/t12-/m0/s1. The van der Waals surface area contributed by atoms with E-state index in [-0.39, 0.29) is 41.1 Å². The summed E-state index contributed by atoms with van der Waals surface area (Å²) < 4.78 is 46.5. The topological polar surface area (TPSA) is 87.9 Å². The van der Waals surface area contributed by atoms with E-state index in [9.17, 15) is 18.0 Å². The van der Waals surface area contributed by atoms with Gasteiger partial charge in [0.1, 0.15) is 5.69 Å². The first-order valence-electron chi connectivity index (χ1n) is 10.4. The number of carbonyl (C=O) groups excluding carboxylic acids is 1. The number of pyridine rings is 1. The number of aromatic nitrogens is 4. The molecular weight excluding hydrogens is 411 g/mol. The van der Waals surface area contributed by atoms with E-state index in [0.717, 1.165) is 11.8 Å². The number of nitrogens with zero attached hydrogens (tertiary/aromatic N) is 4. The average Bonchev–Trinajstić information content (AvgIpc) is 3.39. The number of likely N-dealkylation sites (tertiary alicyclic amines) is 1. The van der Waals surface area contributed by atoms with Crippen molar-refractivity contribution in [1.29, 1.82) is 0 Å². The Hall–Kier alpha value is -2.91. The first-order chi connectivity index (χ1) is 14.7. The van der Waals surface area contributed by atoms with E-state index in [1.54, 1.807) is 17.9 Å². The average molecular weight is 435 g/mol. The Bertz CT molecular complexity index is 1100. The summed E-state index contributed by atoms with van der Waals surface area (Å²) in [6.45, 7) is 6.47. The summed E-state index contributed by atoms with van der Waals surface area (Å²) in [5.41, 5.74) is 0.760. The SMILES string of the molecule is CCc1cc(C(F)(F)F)c2c([C@H]3CCCN(C(=O)c4cc(C(C)C)[nH]n4)C3)noc2n1. The number of nitrogens with one attached hydrogen (secondary N) is 1. The number of aryl methyl sites for hydroxylation is 1. The number of carbonyl (C=O) groups is 1. The number of hydrogen-bond acceptors (Lipinski definition) is 5. The molecule has 10 heteroatoms. The van der Waals surface area contributed by atoms with E-state index in [1.807, 2.05) is 13.8 Å². The summed E-state index contributed by atoms with van der Waals surface area (Å²) in [4.78, 5) is 18.7. The lowest BCUT2D eigenvalue weighted by atomic mass is 9.91. The molecule has 0 aliphatic carbocycles. The normalized spacial score (nSPS) is 17.6. The van der Waals surface area contributed by atoms with Gasteiger partial charge in [-0.15, -0.1) is 0 Å². The molecule has 1 amide bonds. The second-order valence-corrected chi connectivity index (χ2v) is 8.21. The number of H-pyrrole nitrogens is 1. The summed E-state index contributed by atoms with van der Waals surface area (Å²) >= 11 is 0. The van der Waals surface area contributed by atoms with Crippen LogP contribution in [-0.4, -0.2) is 44.2 Å². The van der Waals surface area contributed by atoms with Crippen LogP contribution in [0.25, 0.3) is 11.1 Å². The Morgan fingerprint density at radius 2 is 2.13 bits per heavy atom. The Morgan fingerprint density at radius 1 is 1.35 bits per heavy atom. The molecule has 7 nitrogen and oxygen atoms in total. The van der Waals surface area contributed by atoms with Gasteiger partial charge in [-0.05, 0) is 37.3 Å². The van der Waals surface area contributed by atoms with Crippen LogP contribution in [0, 0.1) is 0 Å². The van der Waals surface area contributed by atoms with Gasteiger partial charge in [-0.25, -0.2) is 4.98 Å². The number of aromatic amines is 1. The van der Waals surface area contributed by atoms with Crippen molar-refractivity contribution in [2.24, 2.45) is 0 Å². The van der Waals surface area contributed by atoms with E-state index < -0.39 is 11.7 Å². The molecule has 1 fully saturated rings. The summed E-state index contributed by atoms with van der Waals surface area (Å²) in [6.07, 6.45) is -2.95. The molecule has 3 aromatic heterocycles. The first-order valence-corrected chi connectivity index (χ1v) is 10.4. The molecule has 0 saturated carbocycles. The zero-order valence-electron chi connectivity index (χ0n) is 17.6. The van der Waals surface area contributed by atoms with E-state index in [1.165, 1.54) is 0 Å². The Kier molecular flexibility index (Phi) is 5.49. The molecule has 31 heavy (non-hydrogen) atoms. The molecule has 166 valence electrons. The van der Waals surface area contributed by atoms with Crippen molar-refractivity contribution in [3.05, 3.63) is 40.5 Å². The van der Waals surface area contributed by atoms with Crippen LogP contribution in [0.4, 0.5) is 13.2 Å². The van der Waals surface area contributed by atoms with Crippen molar-refractivity contribution < 1.29 is 22.5 Å². The monoisotopic (exact) mass is 435 g/mol. The molecule has 0 aromatic carbocycles. The van der Waals surface area contributed by atoms with Gasteiger partial charge in [0.15, 0.2) is 0 Å². The maximum Gasteiger partial charge on any atom is 0.417 e. The van der Waals surface area contributed by atoms with Gasteiger partial charge in [-0.3, -0.25) is 9.89 Å². The van der Waals surface area contributed by atoms with Gasteiger partial charge in [0.05, 0.1) is 16.6 Å². The summed E-state index contributed by atoms with van der Waals surface area (Å²) in [5, 5.41) is 10.8. The highest BCUT2D eigenvalue weighted by Gasteiger charge is 2.38. The van der Waals surface area contributed by atoms with Crippen molar-refractivity contribution in [3.63, 3.8) is 0 Å². The van der Waals surface area contributed by atoms with Gasteiger partial charge >= 0.3 is 6.18 Å². The van der Waals surface area contributed by atoms with Crippen molar-refractivity contribution >= 4 is 17.0 Å². The molecule has 0 radical (unpaired) electrons. The molecule has 1 saturated heterocycles. The fourth-order valence-corrected chi connectivity index (χ4v) is 4.00. The molecule has 0 bridgehead atoms. The third-order valence-electron chi connectivity index (χ3n) is 5.73. The van der Waals surface area contributed by atoms with Crippen LogP contribution >= 0.6 is 0 Å². The van der Waals surface area contributed by atoms with Gasteiger partial charge in [0.25, 0.3) is 11.6 Å². The Morgan fingerprint density at radius 3 is 2.77 bits per heavy atom. The molecule has 0 spiro atoms. The molecule has 0 unspecified atom stereocenters. The molecular formula is C21H24F3N5O2. The zero-order chi connectivity index (χ0) is 22.3. The predicted molar refractivity (Wildman–Crippen MR) is 107 cm³/mol. The molecule has 1 atom stereocenters. The Labute approximate surface area is 177 Å². The minimum absolute atomic E-state index is 0.106. The van der Waals surface area contributed by atoms with Gasteiger partial charge in [0, 0.05) is 30.4 Å². The maximum absolute atomic E-state index is 13.8. The van der Waals surface area contributed by atoms with Gasteiger partial charge in [-0.2, -0.15) is 18.3 Å². The van der Waals surface area contributed by atoms with Crippen LogP contribution in [0.3, 0.4) is 0 Å². The Balaban J connectivity index is 1.66. The number of piperidine rings is 1. The number of fused-ring (bicyclic) bond motifs is 1. The van der Waals surface area contributed by atoms with Crippen molar-refractivity contribution in [2.45, 2.75) is 58.0 Å². The quantitative estimate of drug-likeness (QED) is 0.643. The van der Waals surface area contributed by atoms with Gasteiger partial charge in [-0.1, -0.05) is 25.9 Å². The minimum Gasteiger partial charge on any atom is -0.337 e. The second kappa shape index (κ2) is 7.97. The number of rotatable bonds is 4. The van der Waals surface area contributed by atoms with E-state index in [0.29, 0.717) is 37.2 Å². The maximum atomic E-state index is 13.8. The summed E-state index contributed by atoms with van der Waals surface area (Å²) in [6, 6.07) is 2.78. The fourth-order valence-electron chi connectivity index (χ4n) is 4.00. The lowest BCUT2D eigenvalue weighted by Crippen LogP contribution is -2.39. The van der Waals surface area contributed by atoms with E-state index >= 15 is 0 Å². The summed E-state index contributed by atoms with van der Waals surface area (Å²) in [7, 11) is 0. The third kappa shape index (κ3) is 4.03. The van der Waals surface area contributed by atoms with E-state index in [4.69, 9.17) is 4.52 Å². The predicted octanol–water partition coefficient (Wildman–Crippen LogP) is 4.67. The van der Waals surface area contributed by atoms with Crippen molar-refractivity contribution in [1.82, 2.24) is 25.2 Å². The lowest BCUT2D eigenvalue weighted by Gasteiger charge is -2.31. The molecule has 1 N–H and O–H groups in total. The highest BCUT2D eigenvalue weighted by atomic mass is 19.4. The van der Waals surface area contributed by atoms with Crippen LogP contribution in [0.1, 0.15) is 78.6 Å². The number of hydrogen-bond donors (Lipinski definition) is 1. The molecule has 1 aliphatic heterocycles. The third-order valence-corrected chi connectivity index (χ3v) is 5.73. The lowest BCUT2D eigenvalue weighted by molar-refractivity contribution is -0.136. The number of halogens is 3. The molecule has 1 aliphatic rings. The molecule has 4 rings (SSSR count). The van der Waals surface area contributed by atoms with Gasteiger partial charge < -0.3 is 9.42 Å². The highest BCUT2D eigenvalue weighted by Crippen LogP contribution is 2.40.